The van der Waals surface area contributed by atoms with Crippen molar-refractivity contribution in [3.05, 3.63) is 34.3 Å². The van der Waals surface area contributed by atoms with Gasteiger partial charge in [0, 0.05) is 20.2 Å². The molecule has 1 N–H and O–H groups in total. The summed E-state index contributed by atoms with van der Waals surface area (Å²) in [5, 5.41) is 0. The average Bonchev–Trinajstić information content (AvgIpc) is 2.78. The van der Waals surface area contributed by atoms with Gasteiger partial charge in [0.15, 0.2) is 5.58 Å². The van der Waals surface area contributed by atoms with Gasteiger partial charge in [-0.05, 0) is 38.3 Å². The minimum atomic E-state index is -0.543. The second kappa shape index (κ2) is 5.61. The number of hydrogen-bond donors (Lipinski definition) is 1. The van der Waals surface area contributed by atoms with Gasteiger partial charge in [-0.3, -0.25) is 9.78 Å². The summed E-state index contributed by atoms with van der Waals surface area (Å²) in [6.45, 7) is 3.39. The molecule has 1 fully saturated rings. The van der Waals surface area contributed by atoms with E-state index in [1.165, 1.54) is 0 Å². The number of likely N-dealkylation sites (tertiary alicyclic amines) is 1. The first-order chi connectivity index (χ1) is 10.5. The lowest BCUT2D eigenvalue weighted by Gasteiger charge is -2.26. The number of oxazole rings is 1. The normalized spacial score (nSPS) is 22.7. The van der Waals surface area contributed by atoms with Crippen LogP contribution in [0.5, 0.6) is 0 Å². The number of aromatic amines is 1. The number of rotatable bonds is 2. The molecule has 0 spiro atoms. The second-order valence-electron chi connectivity index (χ2n) is 6.00. The third-order valence-electron chi connectivity index (χ3n) is 4.50. The molecule has 0 bridgehead atoms. The first-order valence-electron chi connectivity index (χ1n) is 7.49. The van der Waals surface area contributed by atoms with Crippen LogP contribution in [0.2, 0.25) is 0 Å². The lowest BCUT2D eigenvalue weighted by molar-refractivity contribution is -0.00537. The Morgan fingerprint density at radius 2 is 2.18 bits per heavy atom. The van der Waals surface area contributed by atoms with E-state index in [0.717, 1.165) is 19.3 Å². The molecule has 0 radical (unpaired) electrons. The number of fused-ring (bicyclic) bond motifs is 1. The van der Waals surface area contributed by atoms with Crippen LogP contribution in [0.4, 0.5) is 0 Å². The van der Waals surface area contributed by atoms with E-state index in [1.807, 2.05) is 4.90 Å². The summed E-state index contributed by atoms with van der Waals surface area (Å²) in [5.74, 6) is -0.647. The van der Waals surface area contributed by atoms with Crippen LogP contribution in [-0.2, 0) is 4.74 Å². The van der Waals surface area contributed by atoms with Gasteiger partial charge >= 0.3 is 5.76 Å². The van der Waals surface area contributed by atoms with Crippen LogP contribution >= 0.6 is 0 Å². The van der Waals surface area contributed by atoms with Crippen LogP contribution in [0.3, 0.4) is 0 Å². The van der Waals surface area contributed by atoms with Crippen molar-refractivity contribution >= 4 is 17.0 Å². The number of H-pyrrole nitrogens is 1. The summed E-state index contributed by atoms with van der Waals surface area (Å²) < 4.78 is 10.7. The van der Waals surface area contributed by atoms with Gasteiger partial charge in [0.05, 0.1) is 16.7 Å². The quantitative estimate of drug-likeness (QED) is 0.922. The van der Waals surface area contributed by atoms with Crippen molar-refractivity contribution in [3.63, 3.8) is 0 Å². The monoisotopic (exact) mass is 304 g/mol. The highest BCUT2D eigenvalue weighted by molar-refractivity contribution is 6.04. The van der Waals surface area contributed by atoms with Gasteiger partial charge in [-0.2, -0.15) is 0 Å². The van der Waals surface area contributed by atoms with Crippen LogP contribution in [0.1, 0.15) is 36.5 Å². The van der Waals surface area contributed by atoms with E-state index in [9.17, 15) is 9.59 Å². The van der Waals surface area contributed by atoms with Crippen LogP contribution in [-0.4, -0.2) is 41.6 Å². The topological polar surface area (TPSA) is 75.5 Å². The van der Waals surface area contributed by atoms with Crippen molar-refractivity contribution in [3.8, 4) is 0 Å². The third kappa shape index (κ3) is 2.66. The molecule has 2 aromatic rings. The average molecular weight is 304 g/mol. The zero-order chi connectivity index (χ0) is 15.7. The first-order valence-corrected chi connectivity index (χ1v) is 7.49. The summed E-state index contributed by atoms with van der Waals surface area (Å²) in [7, 11) is 1.71. The first kappa shape index (κ1) is 14.8. The zero-order valence-corrected chi connectivity index (χ0v) is 12.8. The Morgan fingerprint density at radius 1 is 1.36 bits per heavy atom. The van der Waals surface area contributed by atoms with Gasteiger partial charge in [0.2, 0.25) is 0 Å². The molecule has 0 aliphatic carbocycles. The molecule has 0 saturated carbocycles. The molecule has 2 heterocycles. The van der Waals surface area contributed by atoms with Crippen molar-refractivity contribution in [1.29, 1.82) is 0 Å². The van der Waals surface area contributed by atoms with Gasteiger partial charge in [-0.1, -0.05) is 6.07 Å². The summed E-state index contributed by atoms with van der Waals surface area (Å²) in [6, 6.07) is 5.17. The van der Waals surface area contributed by atoms with Gasteiger partial charge in [0.1, 0.15) is 0 Å². The Kier molecular flexibility index (Phi) is 3.78. The number of nitrogens with zero attached hydrogens (tertiary/aromatic N) is 1. The molecule has 1 saturated heterocycles. The predicted molar refractivity (Wildman–Crippen MR) is 82.0 cm³/mol. The van der Waals surface area contributed by atoms with Gasteiger partial charge in [-0.15, -0.1) is 0 Å². The van der Waals surface area contributed by atoms with Crippen molar-refractivity contribution in [2.75, 3.05) is 20.2 Å². The van der Waals surface area contributed by atoms with E-state index in [-0.39, 0.29) is 11.5 Å². The molecule has 1 aromatic carbocycles. The smallest absolute Gasteiger partial charge is 0.407 e. The van der Waals surface area contributed by atoms with Crippen LogP contribution in [0.15, 0.2) is 27.4 Å². The molecule has 6 heteroatoms. The summed E-state index contributed by atoms with van der Waals surface area (Å²) in [4.78, 5) is 28.5. The minimum absolute atomic E-state index is 0.103. The molecule has 118 valence electrons. The summed E-state index contributed by atoms with van der Waals surface area (Å²) >= 11 is 0. The summed E-state index contributed by atoms with van der Waals surface area (Å²) in [5.41, 5.74) is 1.13. The molecule has 1 amide bonds. The number of amides is 1. The number of carbonyl (C=O) groups is 1. The standard InChI is InChI=1S/C16H20N2O4/c1-16(21-2)7-4-9-18(10-8-16)14(19)11-5-3-6-12-13(11)22-15(20)17-12/h3,5-6H,4,7-10H2,1-2H3,(H,17,20). The minimum Gasteiger partial charge on any atom is -0.407 e. The number of hydrogen-bond acceptors (Lipinski definition) is 4. The van der Waals surface area contributed by atoms with Crippen LogP contribution < -0.4 is 5.76 Å². The number of aromatic nitrogens is 1. The molecule has 1 aliphatic rings. The third-order valence-corrected chi connectivity index (χ3v) is 4.50. The molecule has 1 unspecified atom stereocenters. The fourth-order valence-corrected chi connectivity index (χ4v) is 2.97. The van der Waals surface area contributed by atoms with E-state index in [4.69, 9.17) is 9.15 Å². The number of carbonyl (C=O) groups excluding carboxylic acids is 1. The fourth-order valence-electron chi connectivity index (χ4n) is 2.97. The lowest BCUT2D eigenvalue weighted by atomic mass is 9.97. The summed E-state index contributed by atoms with van der Waals surface area (Å²) in [6.07, 6.45) is 2.61. The number of methoxy groups -OCH3 is 1. The Balaban J connectivity index is 1.88. The Hall–Kier alpha value is -2.08. The molecule has 1 atom stereocenters. The Morgan fingerprint density at radius 3 is 2.95 bits per heavy atom. The Bertz CT molecular complexity index is 748. The largest absolute Gasteiger partial charge is 0.417 e. The molecule has 6 nitrogen and oxygen atoms in total. The van der Waals surface area contributed by atoms with Crippen LogP contribution in [0.25, 0.3) is 11.1 Å². The van der Waals surface area contributed by atoms with Crippen molar-refractivity contribution in [2.24, 2.45) is 0 Å². The maximum absolute atomic E-state index is 12.8. The van der Waals surface area contributed by atoms with E-state index < -0.39 is 5.76 Å². The van der Waals surface area contributed by atoms with E-state index >= 15 is 0 Å². The molecular formula is C16H20N2O4. The molecular weight excluding hydrogens is 284 g/mol. The molecule has 1 aromatic heterocycles. The fraction of sp³-hybridized carbons (Fsp3) is 0.500. The van der Waals surface area contributed by atoms with Crippen molar-refractivity contribution in [1.82, 2.24) is 9.88 Å². The van der Waals surface area contributed by atoms with E-state index in [0.29, 0.717) is 29.8 Å². The maximum Gasteiger partial charge on any atom is 0.417 e. The zero-order valence-electron chi connectivity index (χ0n) is 12.8. The second-order valence-corrected chi connectivity index (χ2v) is 6.00. The lowest BCUT2D eigenvalue weighted by Crippen LogP contribution is -2.34. The number of para-hydroxylation sites is 1. The van der Waals surface area contributed by atoms with E-state index in [1.54, 1.807) is 25.3 Å². The van der Waals surface area contributed by atoms with Crippen molar-refractivity contribution < 1.29 is 13.9 Å². The molecule has 22 heavy (non-hydrogen) atoms. The number of ether oxygens (including phenoxy) is 1. The highest BCUT2D eigenvalue weighted by Gasteiger charge is 2.30. The van der Waals surface area contributed by atoms with E-state index in [2.05, 4.69) is 11.9 Å². The predicted octanol–water partition coefficient (Wildman–Crippen LogP) is 2.15. The molecule has 3 rings (SSSR count). The maximum atomic E-state index is 12.8. The highest BCUT2D eigenvalue weighted by atomic mass is 16.5. The van der Waals surface area contributed by atoms with Gasteiger partial charge in [-0.25, -0.2) is 4.79 Å². The SMILES string of the molecule is COC1(C)CCCN(C(=O)c2cccc3[nH]c(=O)oc23)CC1. The van der Waals surface area contributed by atoms with Crippen molar-refractivity contribution in [2.45, 2.75) is 31.8 Å². The highest BCUT2D eigenvalue weighted by Crippen LogP contribution is 2.26. The van der Waals surface area contributed by atoms with Crippen LogP contribution in [0, 0.1) is 0 Å². The van der Waals surface area contributed by atoms with Gasteiger partial charge < -0.3 is 14.1 Å². The number of benzene rings is 1. The number of nitrogens with one attached hydrogen (secondary N) is 1. The Labute approximate surface area is 128 Å². The molecule has 1 aliphatic heterocycles. The van der Waals surface area contributed by atoms with Gasteiger partial charge in [0.25, 0.3) is 5.91 Å².